The summed E-state index contributed by atoms with van der Waals surface area (Å²) in [5.74, 6) is -0.574. The van der Waals surface area contributed by atoms with Gasteiger partial charge in [0, 0.05) is 0 Å². The summed E-state index contributed by atoms with van der Waals surface area (Å²) in [6.45, 7) is 2.50. The van der Waals surface area contributed by atoms with E-state index in [2.05, 4.69) is 6.92 Å². The first-order valence-electron chi connectivity index (χ1n) is 7.01. The molecule has 2 aromatic rings. The molecule has 2 nitrogen and oxygen atoms in total. The number of halogens is 3. The highest BCUT2D eigenvalue weighted by atomic mass is 19.4. The number of fused-ring (bicyclic) bond motifs is 1. The number of alkyl halides is 3. The quantitative estimate of drug-likeness (QED) is 0.578. The number of aryl methyl sites for hydroxylation is 2. The van der Waals surface area contributed by atoms with Gasteiger partial charge in [-0.25, -0.2) is 9.13 Å². The molecule has 110 valence electrons. The molecule has 20 heavy (non-hydrogen) atoms. The van der Waals surface area contributed by atoms with Gasteiger partial charge in [0.2, 0.25) is 0 Å². The van der Waals surface area contributed by atoms with Crippen LogP contribution < -0.4 is 4.57 Å². The fraction of sp³-hybridized carbons (Fsp3) is 0.533. The molecule has 0 spiro atoms. The van der Waals surface area contributed by atoms with Crippen molar-refractivity contribution in [1.82, 2.24) is 4.57 Å². The second kappa shape index (κ2) is 5.85. The minimum atomic E-state index is -4.33. The molecule has 0 N–H and O–H groups in total. The number of nitrogens with zero attached hydrogens (tertiary/aromatic N) is 2. The number of imidazole rings is 1. The number of unbranched alkanes of at least 4 members (excludes halogenated alkanes) is 3. The van der Waals surface area contributed by atoms with Crippen LogP contribution in [0.2, 0.25) is 0 Å². The zero-order valence-electron chi connectivity index (χ0n) is 11.9. The Hall–Kier alpha value is -1.52. The first kappa shape index (κ1) is 14.9. The van der Waals surface area contributed by atoms with Crippen LogP contribution in [0.5, 0.6) is 0 Å². The molecule has 0 aliphatic carbocycles. The topological polar surface area (TPSA) is 8.81 Å². The van der Waals surface area contributed by atoms with Crippen LogP contribution >= 0.6 is 0 Å². The number of para-hydroxylation sites is 2. The van der Waals surface area contributed by atoms with Gasteiger partial charge < -0.3 is 0 Å². The molecule has 5 heteroatoms. The summed E-state index contributed by atoms with van der Waals surface area (Å²) in [5.41, 5.74) is 1.27. The van der Waals surface area contributed by atoms with Crippen LogP contribution in [0, 0.1) is 0 Å². The normalized spacial score (nSPS) is 12.2. The zero-order chi connectivity index (χ0) is 14.8. The first-order valence-corrected chi connectivity index (χ1v) is 7.01. The van der Waals surface area contributed by atoms with Crippen molar-refractivity contribution in [3.05, 3.63) is 30.1 Å². The van der Waals surface area contributed by atoms with Gasteiger partial charge in [-0.2, -0.15) is 13.2 Å². The molecule has 0 bridgehead atoms. The van der Waals surface area contributed by atoms with Gasteiger partial charge in [-0.1, -0.05) is 31.9 Å². The maximum absolute atomic E-state index is 13.3. The van der Waals surface area contributed by atoms with Crippen LogP contribution in [0.3, 0.4) is 0 Å². The van der Waals surface area contributed by atoms with E-state index in [1.54, 1.807) is 24.3 Å². The van der Waals surface area contributed by atoms with Gasteiger partial charge in [-0.15, -0.1) is 0 Å². The van der Waals surface area contributed by atoms with E-state index in [1.807, 2.05) is 0 Å². The minimum absolute atomic E-state index is 0.413. The smallest absolute Gasteiger partial charge is 0.222 e. The SMILES string of the molecule is CCCCCCn1c(C(F)(F)F)[n+](C)c2ccccc21. The summed E-state index contributed by atoms with van der Waals surface area (Å²) in [7, 11) is 1.48. The summed E-state index contributed by atoms with van der Waals surface area (Å²) < 4.78 is 42.5. The predicted octanol–water partition coefficient (Wildman–Crippen LogP) is 4.06. The lowest BCUT2D eigenvalue weighted by atomic mass is 10.2. The number of hydrogen-bond acceptors (Lipinski definition) is 0. The van der Waals surface area contributed by atoms with Crippen LogP contribution in [0.4, 0.5) is 13.2 Å². The molecule has 1 heterocycles. The lowest BCUT2D eigenvalue weighted by Crippen LogP contribution is -2.38. The standard InChI is InChI=1S/C15H20F3N2/c1-3-4-5-8-11-20-13-10-7-6-9-12(13)19(2)14(20)15(16,17)18/h6-7,9-10H,3-5,8,11H2,1-2H3/q+1. The van der Waals surface area contributed by atoms with Gasteiger partial charge >= 0.3 is 12.0 Å². The van der Waals surface area contributed by atoms with Crippen LogP contribution in [-0.4, -0.2) is 4.57 Å². The molecule has 0 aliphatic rings. The Morgan fingerprint density at radius 3 is 2.45 bits per heavy atom. The van der Waals surface area contributed by atoms with E-state index >= 15 is 0 Å². The molecular weight excluding hydrogens is 265 g/mol. The second-order valence-corrected chi connectivity index (χ2v) is 5.08. The van der Waals surface area contributed by atoms with Crippen LogP contribution in [0.15, 0.2) is 24.3 Å². The Labute approximate surface area is 116 Å². The molecule has 0 saturated heterocycles. The predicted molar refractivity (Wildman–Crippen MR) is 72.3 cm³/mol. The summed E-state index contributed by atoms with van der Waals surface area (Å²) >= 11 is 0. The van der Waals surface area contributed by atoms with E-state index in [1.165, 1.54) is 16.2 Å². The highest BCUT2D eigenvalue weighted by molar-refractivity contribution is 5.72. The van der Waals surface area contributed by atoms with Crippen LogP contribution in [0.25, 0.3) is 11.0 Å². The minimum Gasteiger partial charge on any atom is -0.222 e. The van der Waals surface area contributed by atoms with Crippen molar-refractivity contribution in [1.29, 1.82) is 0 Å². The average molecular weight is 285 g/mol. The highest BCUT2D eigenvalue weighted by Gasteiger charge is 2.45. The molecule has 0 aliphatic heterocycles. The fourth-order valence-corrected chi connectivity index (χ4v) is 2.65. The zero-order valence-corrected chi connectivity index (χ0v) is 11.9. The Kier molecular flexibility index (Phi) is 4.35. The third kappa shape index (κ3) is 2.81. The highest BCUT2D eigenvalue weighted by Crippen LogP contribution is 2.30. The van der Waals surface area contributed by atoms with E-state index < -0.39 is 12.0 Å². The fourth-order valence-electron chi connectivity index (χ4n) is 2.65. The van der Waals surface area contributed by atoms with Crippen molar-refractivity contribution < 1.29 is 17.7 Å². The van der Waals surface area contributed by atoms with Crippen molar-refractivity contribution in [3.8, 4) is 0 Å². The molecule has 0 saturated carbocycles. The third-order valence-electron chi connectivity index (χ3n) is 3.60. The number of benzene rings is 1. The summed E-state index contributed by atoms with van der Waals surface area (Å²) in [5, 5.41) is 0. The summed E-state index contributed by atoms with van der Waals surface area (Å²) in [6, 6.07) is 7.03. The molecule has 1 aromatic heterocycles. The van der Waals surface area contributed by atoms with Crippen molar-refractivity contribution in [3.63, 3.8) is 0 Å². The Morgan fingerprint density at radius 2 is 1.80 bits per heavy atom. The molecule has 0 atom stereocenters. The van der Waals surface area contributed by atoms with Crippen molar-refractivity contribution in [2.75, 3.05) is 0 Å². The molecule has 0 amide bonds. The molecule has 0 fully saturated rings. The van der Waals surface area contributed by atoms with E-state index in [0.717, 1.165) is 25.7 Å². The lowest BCUT2D eigenvalue weighted by Gasteiger charge is -2.06. The maximum atomic E-state index is 13.3. The van der Waals surface area contributed by atoms with Gasteiger partial charge in [0.25, 0.3) is 0 Å². The summed E-state index contributed by atoms with van der Waals surface area (Å²) in [4.78, 5) is 0. The number of aromatic nitrogens is 2. The molecule has 2 rings (SSSR count). The Balaban J connectivity index is 2.44. The Morgan fingerprint density at radius 1 is 1.10 bits per heavy atom. The molecule has 1 aromatic carbocycles. The van der Waals surface area contributed by atoms with Gasteiger partial charge in [0.15, 0.2) is 11.0 Å². The second-order valence-electron chi connectivity index (χ2n) is 5.08. The van der Waals surface area contributed by atoms with Crippen molar-refractivity contribution in [2.45, 2.75) is 45.3 Å². The number of rotatable bonds is 5. The lowest BCUT2D eigenvalue weighted by molar-refractivity contribution is -0.667. The van der Waals surface area contributed by atoms with Gasteiger partial charge in [0.1, 0.15) is 0 Å². The largest absolute Gasteiger partial charge is 0.495 e. The van der Waals surface area contributed by atoms with E-state index in [-0.39, 0.29) is 0 Å². The van der Waals surface area contributed by atoms with E-state index in [0.29, 0.717) is 17.6 Å². The van der Waals surface area contributed by atoms with Gasteiger partial charge in [0.05, 0.1) is 13.6 Å². The van der Waals surface area contributed by atoms with Crippen LogP contribution in [-0.2, 0) is 19.8 Å². The van der Waals surface area contributed by atoms with Gasteiger partial charge in [-0.05, 0) is 25.0 Å². The van der Waals surface area contributed by atoms with Crippen molar-refractivity contribution >= 4 is 11.0 Å². The number of hydrogen-bond donors (Lipinski definition) is 0. The maximum Gasteiger partial charge on any atom is 0.495 e. The average Bonchev–Trinajstić information content (AvgIpc) is 2.68. The monoisotopic (exact) mass is 285 g/mol. The van der Waals surface area contributed by atoms with E-state index in [4.69, 9.17) is 0 Å². The third-order valence-corrected chi connectivity index (χ3v) is 3.60. The first-order chi connectivity index (χ1) is 9.46. The van der Waals surface area contributed by atoms with Crippen molar-refractivity contribution in [2.24, 2.45) is 7.05 Å². The molecule has 0 unspecified atom stereocenters. The molecular formula is C15H20F3N2+. The summed E-state index contributed by atoms with van der Waals surface area (Å²) in [6.07, 6.45) is -0.461. The van der Waals surface area contributed by atoms with E-state index in [9.17, 15) is 13.2 Å². The van der Waals surface area contributed by atoms with Crippen LogP contribution in [0.1, 0.15) is 38.4 Å². The Bertz CT molecular complexity index is 585. The van der Waals surface area contributed by atoms with Gasteiger partial charge in [-0.3, -0.25) is 0 Å². The molecule has 0 radical (unpaired) electrons.